The van der Waals surface area contributed by atoms with Crippen molar-refractivity contribution in [2.24, 2.45) is 17.3 Å². The Balaban J connectivity index is 1.26. The van der Waals surface area contributed by atoms with E-state index in [0.29, 0.717) is 6.42 Å². The molecule has 4 fully saturated rings. The van der Waals surface area contributed by atoms with Gasteiger partial charge in [-0.15, -0.1) is 0 Å². The molecule has 2 unspecified atom stereocenters. The number of nitrogens with one attached hydrogen (secondary N) is 1. The summed E-state index contributed by atoms with van der Waals surface area (Å²) in [5, 5.41) is 29.0. The van der Waals surface area contributed by atoms with Crippen molar-refractivity contribution < 1.29 is 28.7 Å². The zero-order chi connectivity index (χ0) is 42.1. The molecule has 0 heterocycles. The van der Waals surface area contributed by atoms with E-state index in [0.717, 1.165) is 52.9 Å². The normalized spacial score (nSPS) is 23.4. The minimum Gasteiger partial charge on any atom is -0.465 e. The van der Waals surface area contributed by atoms with Gasteiger partial charge >= 0.3 is 6.09 Å². The van der Waals surface area contributed by atoms with Gasteiger partial charge in [0.2, 0.25) is 5.91 Å². The van der Waals surface area contributed by atoms with E-state index in [2.05, 4.69) is 144 Å². The summed E-state index contributed by atoms with van der Waals surface area (Å²) in [6, 6.07) is 40.9. The molecule has 0 aliphatic heterocycles. The first-order chi connectivity index (χ1) is 28.0. The van der Waals surface area contributed by atoms with Gasteiger partial charge in [0.1, 0.15) is 6.04 Å². The van der Waals surface area contributed by atoms with Crippen LogP contribution in [-0.2, 0) is 13.6 Å². The van der Waals surface area contributed by atoms with Gasteiger partial charge in [-0.3, -0.25) is 4.79 Å². The number of rotatable bonds is 15. The lowest BCUT2D eigenvalue weighted by molar-refractivity contribution is -0.179. The van der Waals surface area contributed by atoms with Crippen LogP contribution in [0.5, 0.6) is 0 Å². The first-order valence-corrected chi connectivity index (χ1v) is 25.3. The average Bonchev–Trinajstić information content (AvgIpc) is 3.18. The quantitative estimate of drug-likeness (QED) is 0.112. The second-order valence-electron chi connectivity index (χ2n) is 19.8. The van der Waals surface area contributed by atoms with Crippen molar-refractivity contribution in [3.05, 3.63) is 121 Å². The highest BCUT2D eigenvalue weighted by Gasteiger charge is 2.62. The highest BCUT2D eigenvalue weighted by atomic mass is 28.4. The number of nitrogens with zero attached hydrogens (tertiary/aromatic N) is 1. The number of carbonyl (C=O) groups excluding carboxylic acids is 1. The molecule has 5 atom stereocenters. The third-order valence-electron chi connectivity index (χ3n) is 13.7. The topological polar surface area (TPSA) is 108 Å². The van der Waals surface area contributed by atoms with E-state index in [9.17, 15) is 15.0 Å². The Hall–Kier alpha value is -4.07. The summed E-state index contributed by atoms with van der Waals surface area (Å²) in [6.07, 6.45) is 3.14. The lowest BCUT2D eigenvalue weighted by Crippen LogP contribution is -2.68. The fourth-order valence-electron chi connectivity index (χ4n) is 11.9. The minimum absolute atomic E-state index is 0.248. The van der Waals surface area contributed by atoms with Crippen molar-refractivity contribution in [3.63, 3.8) is 0 Å². The molecular formula is C49H64N2O6Si2. The number of hydrogen-bond acceptors (Lipinski definition) is 5. The molecule has 4 aliphatic rings. The van der Waals surface area contributed by atoms with E-state index in [1.807, 2.05) is 24.3 Å². The molecule has 3 N–H and O–H groups in total. The van der Waals surface area contributed by atoms with Gasteiger partial charge in [0.05, 0.1) is 18.8 Å². The van der Waals surface area contributed by atoms with Crippen LogP contribution in [-0.4, -0.2) is 81.7 Å². The van der Waals surface area contributed by atoms with E-state index in [1.54, 1.807) is 4.90 Å². The van der Waals surface area contributed by atoms with E-state index in [-0.39, 0.29) is 54.1 Å². The van der Waals surface area contributed by atoms with Crippen LogP contribution in [0.2, 0.25) is 10.1 Å². The van der Waals surface area contributed by atoms with Gasteiger partial charge in [-0.2, -0.15) is 0 Å². The Morgan fingerprint density at radius 2 is 1.02 bits per heavy atom. The first-order valence-electron chi connectivity index (χ1n) is 21.5. The molecule has 8 rings (SSSR count). The highest BCUT2D eigenvalue weighted by molar-refractivity contribution is 7.00. The molecule has 4 aliphatic carbocycles. The van der Waals surface area contributed by atoms with Crippen LogP contribution in [0.1, 0.15) is 80.1 Å². The Morgan fingerprint density at radius 1 is 0.661 bits per heavy atom. The summed E-state index contributed by atoms with van der Waals surface area (Å²) in [5.41, 5.74) is -1.53. The molecule has 2 amide bonds. The molecule has 0 aromatic heterocycles. The number of amides is 2. The zero-order valence-corrected chi connectivity index (χ0v) is 37.8. The molecule has 10 heteroatoms. The Bertz CT molecular complexity index is 1840. The van der Waals surface area contributed by atoms with Crippen molar-refractivity contribution in [2.75, 3.05) is 26.3 Å². The van der Waals surface area contributed by atoms with Crippen LogP contribution >= 0.6 is 0 Å². The number of carboxylic acid groups (broad SMARTS) is 1. The first kappa shape index (κ1) is 43.0. The largest absolute Gasteiger partial charge is 0.465 e. The molecule has 4 saturated carbocycles. The standard InChI is InChI=1S/C49H64N2O6Si2/c1-46(2,3)58(39-19-11-7-12-20-39,40-21-13-8-14-22-40)56-29-27-51(44(52)43(50-45(53)54)48-32-37-31-38(33-48)35-49(55,34-37)36-48)28-30-57-59(47(4,5)6,41-23-15-9-16-24-41)42-25-17-10-18-26-42/h7-26,37-38,43,50,55H,27-36H2,1-6H3,(H,53,54)/t37-,38+,43-,48?,49?/m1/s1. The molecule has 4 bridgehead atoms. The second-order valence-corrected chi connectivity index (χ2v) is 28.4. The van der Waals surface area contributed by atoms with Gasteiger partial charge < -0.3 is 29.3 Å². The van der Waals surface area contributed by atoms with Gasteiger partial charge in [-0.1, -0.05) is 163 Å². The van der Waals surface area contributed by atoms with Crippen LogP contribution in [0.4, 0.5) is 4.79 Å². The van der Waals surface area contributed by atoms with E-state index in [1.165, 1.54) is 0 Å². The molecule has 0 radical (unpaired) electrons. The van der Waals surface area contributed by atoms with E-state index >= 15 is 4.79 Å². The highest BCUT2D eigenvalue weighted by Crippen LogP contribution is 2.63. The molecule has 4 aromatic carbocycles. The van der Waals surface area contributed by atoms with Crippen molar-refractivity contribution in [3.8, 4) is 0 Å². The number of benzene rings is 4. The molecule has 0 saturated heterocycles. The van der Waals surface area contributed by atoms with E-state index < -0.39 is 39.8 Å². The van der Waals surface area contributed by atoms with Crippen molar-refractivity contribution in [1.82, 2.24) is 10.2 Å². The third-order valence-corrected chi connectivity index (χ3v) is 23.8. The van der Waals surface area contributed by atoms with Crippen LogP contribution in [0.3, 0.4) is 0 Å². The van der Waals surface area contributed by atoms with Gasteiger partial charge in [0.15, 0.2) is 0 Å². The Morgan fingerprint density at radius 3 is 1.32 bits per heavy atom. The summed E-state index contributed by atoms with van der Waals surface area (Å²) < 4.78 is 14.7. The minimum atomic E-state index is -2.95. The predicted molar refractivity (Wildman–Crippen MR) is 241 cm³/mol. The molecule has 4 aromatic rings. The van der Waals surface area contributed by atoms with Gasteiger partial charge in [0, 0.05) is 18.5 Å². The fraction of sp³-hybridized carbons (Fsp3) is 0.469. The molecule has 8 nitrogen and oxygen atoms in total. The monoisotopic (exact) mass is 832 g/mol. The summed E-state index contributed by atoms with van der Waals surface area (Å²) in [6.45, 7) is 14.4. The summed E-state index contributed by atoms with van der Waals surface area (Å²) in [4.78, 5) is 29.9. The molecular weight excluding hydrogens is 769 g/mol. The number of aliphatic hydroxyl groups is 1. The SMILES string of the molecule is CC(C)(C)[Si](OCCN(CCO[Si](c1ccccc1)(c1ccccc1)C(C)(C)C)C(=O)[C@@H](NC(=O)O)C12C[C@@H]3C[C@@H](CC(O)(C3)C1)C2)(c1ccccc1)c1ccccc1. The second kappa shape index (κ2) is 16.8. The van der Waals surface area contributed by atoms with Crippen LogP contribution < -0.4 is 26.1 Å². The lowest BCUT2D eigenvalue weighted by Gasteiger charge is -2.62. The molecule has 314 valence electrons. The third kappa shape index (κ3) is 8.36. The van der Waals surface area contributed by atoms with Crippen molar-refractivity contribution in [2.45, 2.75) is 102 Å². The average molecular weight is 833 g/mol. The van der Waals surface area contributed by atoms with Crippen LogP contribution in [0, 0.1) is 17.3 Å². The van der Waals surface area contributed by atoms with Crippen LogP contribution in [0.15, 0.2) is 121 Å². The summed E-state index contributed by atoms with van der Waals surface area (Å²) >= 11 is 0. The molecule has 59 heavy (non-hydrogen) atoms. The van der Waals surface area contributed by atoms with Gasteiger partial charge in [0.25, 0.3) is 16.6 Å². The van der Waals surface area contributed by atoms with Gasteiger partial charge in [-0.25, -0.2) is 4.79 Å². The number of hydrogen-bond donors (Lipinski definition) is 3. The summed E-state index contributed by atoms with van der Waals surface area (Å²) in [5.74, 6) is 0.283. The Kier molecular flexibility index (Phi) is 12.2. The lowest BCUT2D eigenvalue weighted by atomic mass is 9.46. The molecule has 0 spiro atoms. The fourth-order valence-corrected chi connectivity index (χ4v) is 21.0. The van der Waals surface area contributed by atoms with E-state index in [4.69, 9.17) is 8.85 Å². The maximum Gasteiger partial charge on any atom is 0.405 e. The number of carbonyl (C=O) groups is 2. The maximum absolute atomic E-state index is 15.4. The maximum atomic E-state index is 15.4. The predicted octanol–water partition coefficient (Wildman–Crippen LogP) is 6.94. The zero-order valence-electron chi connectivity index (χ0n) is 35.8. The Labute approximate surface area is 353 Å². The van der Waals surface area contributed by atoms with Gasteiger partial charge in [-0.05, 0) is 81.2 Å². The summed E-state index contributed by atoms with van der Waals surface area (Å²) in [7, 11) is -5.90. The smallest absolute Gasteiger partial charge is 0.405 e. The van der Waals surface area contributed by atoms with Crippen LogP contribution in [0.25, 0.3) is 0 Å². The van der Waals surface area contributed by atoms with Crippen molar-refractivity contribution in [1.29, 1.82) is 0 Å². The van der Waals surface area contributed by atoms with Crippen molar-refractivity contribution >= 4 is 49.4 Å².